The highest BCUT2D eigenvalue weighted by Crippen LogP contribution is 2.14. The van der Waals surface area contributed by atoms with Gasteiger partial charge in [0.2, 0.25) is 0 Å². The van der Waals surface area contributed by atoms with Crippen LogP contribution < -0.4 is 4.74 Å². The Kier molecular flexibility index (Phi) is 11.3. The van der Waals surface area contributed by atoms with Gasteiger partial charge in [0.15, 0.2) is 0 Å². The van der Waals surface area contributed by atoms with Gasteiger partial charge in [0.25, 0.3) is 0 Å². The molecule has 0 aliphatic heterocycles. The number of nitrogens with zero attached hydrogens (tertiary/aromatic N) is 1. The smallest absolute Gasteiger partial charge is 0.119 e. The van der Waals surface area contributed by atoms with Crippen LogP contribution in [0.4, 0.5) is 0 Å². The zero-order chi connectivity index (χ0) is 18.4. The highest BCUT2D eigenvalue weighted by molar-refractivity contribution is 5.48. The topological polar surface area (TPSA) is 9.23 Å². The minimum atomic E-state index is 0.833. The SMILES string of the molecule is C=Cc1ccc(OCCCCCCCCCCCC[N+](C)(C)C)cc1. The molecule has 0 aliphatic carbocycles. The normalized spacial score (nSPS) is 11.5. The van der Waals surface area contributed by atoms with Gasteiger partial charge in [0.05, 0.1) is 34.3 Å². The van der Waals surface area contributed by atoms with Crippen molar-refractivity contribution in [3.8, 4) is 5.75 Å². The van der Waals surface area contributed by atoms with Crippen molar-refractivity contribution in [1.29, 1.82) is 0 Å². The van der Waals surface area contributed by atoms with Gasteiger partial charge in [-0.05, 0) is 37.0 Å². The Balaban J connectivity index is 1.83. The predicted molar refractivity (Wildman–Crippen MR) is 111 cm³/mol. The van der Waals surface area contributed by atoms with Crippen LogP contribution >= 0.6 is 0 Å². The summed E-state index contributed by atoms with van der Waals surface area (Å²) in [5, 5.41) is 0. The van der Waals surface area contributed by atoms with Crippen molar-refractivity contribution in [1.82, 2.24) is 0 Å². The first kappa shape index (κ1) is 21.8. The molecule has 0 heterocycles. The number of rotatable bonds is 15. The van der Waals surface area contributed by atoms with E-state index in [-0.39, 0.29) is 0 Å². The first-order valence-corrected chi connectivity index (χ1v) is 10.2. The Bertz CT molecular complexity index is 444. The van der Waals surface area contributed by atoms with Crippen LogP contribution in [0.25, 0.3) is 6.08 Å². The van der Waals surface area contributed by atoms with Gasteiger partial charge in [-0.1, -0.05) is 69.7 Å². The first-order valence-electron chi connectivity index (χ1n) is 10.2. The molecule has 2 nitrogen and oxygen atoms in total. The van der Waals surface area contributed by atoms with Crippen molar-refractivity contribution in [3.05, 3.63) is 36.4 Å². The molecule has 0 radical (unpaired) electrons. The number of hydrogen-bond donors (Lipinski definition) is 0. The fourth-order valence-corrected chi connectivity index (χ4v) is 2.99. The molecule has 1 aromatic carbocycles. The lowest BCUT2D eigenvalue weighted by molar-refractivity contribution is -0.870. The molecular weight excluding hydrogens is 306 g/mol. The fourth-order valence-electron chi connectivity index (χ4n) is 2.99. The van der Waals surface area contributed by atoms with E-state index in [9.17, 15) is 0 Å². The van der Waals surface area contributed by atoms with Crippen LogP contribution in [0.2, 0.25) is 0 Å². The standard InChI is InChI=1S/C23H40NO/c1-5-22-16-18-23(19-17-22)25-21-15-13-11-9-7-6-8-10-12-14-20-24(2,3)4/h5,16-19H,1,6-15,20-21H2,2-4H3/q+1. The van der Waals surface area contributed by atoms with Crippen LogP contribution in [-0.2, 0) is 0 Å². The van der Waals surface area contributed by atoms with E-state index in [1.54, 1.807) is 0 Å². The Morgan fingerprint density at radius 3 is 1.72 bits per heavy atom. The maximum Gasteiger partial charge on any atom is 0.119 e. The molecule has 1 aromatic rings. The molecule has 0 fully saturated rings. The summed E-state index contributed by atoms with van der Waals surface area (Å²) in [6.45, 7) is 5.90. The van der Waals surface area contributed by atoms with Gasteiger partial charge >= 0.3 is 0 Å². The molecular formula is C23H40NO+. The van der Waals surface area contributed by atoms with Gasteiger partial charge in [0.1, 0.15) is 5.75 Å². The van der Waals surface area contributed by atoms with Crippen molar-refractivity contribution in [2.45, 2.75) is 64.2 Å². The van der Waals surface area contributed by atoms with Gasteiger partial charge in [-0.15, -0.1) is 0 Å². The molecule has 0 saturated carbocycles. The van der Waals surface area contributed by atoms with E-state index < -0.39 is 0 Å². The van der Waals surface area contributed by atoms with Crippen LogP contribution in [0, 0.1) is 0 Å². The molecule has 0 spiro atoms. The molecule has 0 atom stereocenters. The average molecular weight is 347 g/mol. The van der Waals surface area contributed by atoms with Crippen LogP contribution in [0.3, 0.4) is 0 Å². The number of ether oxygens (including phenoxy) is 1. The first-order chi connectivity index (χ1) is 12.0. The van der Waals surface area contributed by atoms with Crippen LogP contribution in [0.5, 0.6) is 5.75 Å². The van der Waals surface area contributed by atoms with E-state index in [1.807, 2.05) is 30.3 Å². The van der Waals surface area contributed by atoms with Crippen LogP contribution in [-0.4, -0.2) is 38.8 Å². The van der Waals surface area contributed by atoms with E-state index in [1.165, 1.54) is 64.3 Å². The zero-order valence-corrected chi connectivity index (χ0v) is 16.9. The van der Waals surface area contributed by atoms with Crippen molar-refractivity contribution in [3.63, 3.8) is 0 Å². The van der Waals surface area contributed by atoms with E-state index in [2.05, 4.69) is 27.7 Å². The van der Waals surface area contributed by atoms with Gasteiger partial charge in [-0.25, -0.2) is 0 Å². The van der Waals surface area contributed by atoms with Gasteiger partial charge in [0, 0.05) is 0 Å². The second-order valence-electron chi connectivity index (χ2n) is 8.17. The fraction of sp³-hybridized carbons (Fsp3) is 0.652. The highest BCUT2D eigenvalue weighted by Gasteiger charge is 2.04. The Morgan fingerprint density at radius 1 is 0.760 bits per heavy atom. The second kappa shape index (κ2) is 13.0. The third kappa shape index (κ3) is 12.7. The molecule has 0 aromatic heterocycles. The summed E-state index contributed by atoms with van der Waals surface area (Å²) in [5.74, 6) is 0.968. The summed E-state index contributed by atoms with van der Waals surface area (Å²) in [6.07, 6.45) is 15.5. The second-order valence-corrected chi connectivity index (χ2v) is 8.17. The van der Waals surface area contributed by atoms with E-state index >= 15 is 0 Å². The molecule has 1 rings (SSSR count). The third-order valence-electron chi connectivity index (χ3n) is 4.61. The Hall–Kier alpha value is -1.28. The summed E-state index contributed by atoms with van der Waals surface area (Å²) in [7, 11) is 6.84. The summed E-state index contributed by atoms with van der Waals surface area (Å²) in [4.78, 5) is 0. The molecule has 0 aliphatic rings. The van der Waals surface area contributed by atoms with Crippen molar-refractivity contribution < 1.29 is 9.22 Å². The van der Waals surface area contributed by atoms with Gasteiger partial charge < -0.3 is 9.22 Å². The van der Waals surface area contributed by atoms with Crippen LogP contribution in [0.15, 0.2) is 30.8 Å². The lowest BCUT2D eigenvalue weighted by Gasteiger charge is -2.23. The largest absolute Gasteiger partial charge is 0.494 e. The average Bonchev–Trinajstić information content (AvgIpc) is 2.58. The van der Waals surface area contributed by atoms with Gasteiger partial charge in [-0.3, -0.25) is 0 Å². The van der Waals surface area contributed by atoms with Crippen molar-refractivity contribution in [2.75, 3.05) is 34.3 Å². The number of quaternary nitrogens is 1. The monoisotopic (exact) mass is 346 g/mol. The zero-order valence-electron chi connectivity index (χ0n) is 16.9. The lowest BCUT2D eigenvalue weighted by Crippen LogP contribution is -2.35. The number of unbranched alkanes of at least 4 members (excludes halogenated alkanes) is 9. The Morgan fingerprint density at radius 2 is 1.24 bits per heavy atom. The quantitative estimate of drug-likeness (QED) is 0.267. The van der Waals surface area contributed by atoms with Crippen LogP contribution in [0.1, 0.15) is 69.8 Å². The van der Waals surface area contributed by atoms with Crippen molar-refractivity contribution >= 4 is 6.08 Å². The summed E-state index contributed by atoms with van der Waals surface area (Å²) in [5.41, 5.74) is 1.14. The molecule has 0 saturated heterocycles. The van der Waals surface area contributed by atoms with E-state index in [0.29, 0.717) is 0 Å². The molecule has 25 heavy (non-hydrogen) atoms. The molecule has 0 amide bonds. The minimum absolute atomic E-state index is 0.833. The van der Waals surface area contributed by atoms with E-state index in [4.69, 9.17) is 4.74 Å². The minimum Gasteiger partial charge on any atom is -0.494 e. The molecule has 0 bridgehead atoms. The Labute approximate surface area is 156 Å². The molecule has 2 heteroatoms. The van der Waals surface area contributed by atoms with Crippen molar-refractivity contribution in [2.24, 2.45) is 0 Å². The lowest BCUT2D eigenvalue weighted by atomic mass is 10.1. The predicted octanol–water partition coefficient (Wildman–Crippen LogP) is 6.32. The number of hydrogen-bond acceptors (Lipinski definition) is 1. The molecule has 142 valence electrons. The summed E-state index contributed by atoms with van der Waals surface area (Å²) < 4.78 is 6.88. The third-order valence-corrected chi connectivity index (χ3v) is 4.61. The molecule has 0 unspecified atom stereocenters. The van der Waals surface area contributed by atoms with E-state index in [0.717, 1.165) is 28.8 Å². The van der Waals surface area contributed by atoms with Gasteiger partial charge in [-0.2, -0.15) is 0 Å². The summed E-state index contributed by atoms with van der Waals surface area (Å²) in [6, 6.07) is 8.14. The number of benzene rings is 1. The summed E-state index contributed by atoms with van der Waals surface area (Å²) >= 11 is 0. The molecule has 0 N–H and O–H groups in total. The maximum atomic E-state index is 5.78. The highest BCUT2D eigenvalue weighted by atomic mass is 16.5. The maximum absolute atomic E-state index is 5.78.